The number of fused-ring (bicyclic) bond motifs is 3. The summed E-state index contributed by atoms with van der Waals surface area (Å²) in [5.74, 6) is 0.795. The maximum Gasteiger partial charge on any atom is 0.355 e. The van der Waals surface area contributed by atoms with Gasteiger partial charge in [-0.05, 0) is 174 Å². The van der Waals surface area contributed by atoms with E-state index in [2.05, 4.69) is 111 Å². The Morgan fingerprint density at radius 3 is 1.13 bits per heavy atom. The fourth-order valence-corrected chi connectivity index (χ4v) is 18.5. The molecule has 0 saturated carbocycles. The number of hydrogen-bond acceptors (Lipinski definition) is 18. The molecule has 6 unspecified atom stereocenters. The Hall–Kier alpha value is -11.4. The Balaban J connectivity index is 0.000000163. The molecular formula is C97H104BrCl4FN18O6. The van der Waals surface area contributed by atoms with Gasteiger partial charge in [0, 0.05) is 115 Å². The third kappa shape index (κ3) is 18.4. The fraction of sp³-hybridized carbons (Fsp3) is 0.351. The lowest BCUT2D eigenvalue weighted by Crippen LogP contribution is -2.58. The summed E-state index contributed by atoms with van der Waals surface area (Å²) in [5.41, 5.74) is 9.70. The van der Waals surface area contributed by atoms with Gasteiger partial charge in [0.25, 0.3) is 0 Å². The van der Waals surface area contributed by atoms with E-state index in [1.54, 1.807) is 66.7 Å². The quantitative estimate of drug-likeness (QED) is 0.0768. The van der Waals surface area contributed by atoms with Crippen LogP contribution in [0.25, 0.3) is 83.9 Å². The van der Waals surface area contributed by atoms with Crippen molar-refractivity contribution < 1.29 is 18.8 Å². The number of anilines is 3. The number of halogens is 6. The van der Waals surface area contributed by atoms with Gasteiger partial charge in [-0.15, -0.1) is 0 Å². The summed E-state index contributed by atoms with van der Waals surface area (Å²) in [4.78, 5) is 135. The molecule has 30 heteroatoms. The minimum atomic E-state index is -0.546. The largest absolute Gasteiger partial charge is 0.355 e. The van der Waals surface area contributed by atoms with Crippen LogP contribution in [0.1, 0.15) is 174 Å². The lowest BCUT2D eigenvalue weighted by atomic mass is 9.97. The third-order valence-corrected chi connectivity index (χ3v) is 25.3. The van der Waals surface area contributed by atoms with Crippen LogP contribution in [0.3, 0.4) is 0 Å². The van der Waals surface area contributed by atoms with Crippen molar-refractivity contribution in [2.24, 2.45) is 0 Å². The van der Waals surface area contributed by atoms with E-state index in [0.29, 0.717) is 143 Å². The summed E-state index contributed by atoms with van der Waals surface area (Å²) < 4.78 is 20.4. The number of amides is 3. The van der Waals surface area contributed by atoms with E-state index < -0.39 is 22.9 Å². The molecule has 3 aliphatic rings. The number of benzene rings is 3. The molecule has 12 heterocycles. The summed E-state index contributed by atoms with van der Waals surface area (Å²) >= 11 is 30.7. The van der Waals surface area contributed by atoms with Gasteiger partial charge in [0.2, 0.25) is 17.7 Å². The van der Waals surface area contributed by atoms with Crippen molar-refractivity contribution in [1.82, 2.24) is 73.3 Å². The normalized spacial score (nSPS) is 17.3. The Morgan fingerprint density at radius 2 is 0.756 bits per heavy atom. The monoisotopic (exact) mass is 1850 g/mol. The zero-order chi connectivity index (χ0) is 91.9. The van der Waals surface area contributed by atoms with Gasteiger partial charge in [-0.2, -0.15) is 15.0 Å². The highest BCUT2D eigenvalue weighted by Crippen LogP contribution is 2.44. The molecule has 127 heavy (non-hydrogen) atoms. The maximum absolute atomic E-state index is 15.1. The average molecular weight is 1860 g/mol. The number of carbonyl (C=O) groups is 3. The van der Waals surface area contributed by atoms with Crippen molar-refractivity contribution in [3.05, 3.63) is 261 Å². The number of hydrogen-bond donors (Lipinski definition) is 0. The molecule has 24 nitrogen and oxygen atoms in total. The SMILES string of the molecule is C=CC(=O)N1CC(C)N(c2nc(=O)n(-c3c(C(C)C)ccnc3C(C)C)c3nc(-c4ccccc4)c(Cl)cc23)CC1C.C=CC(=O)N1CC(C)N(c2nc(=O)n(-c3c(C(C)C)ccnc3C(C)C)c3nc(-c4ccccc4Cl)c(Cl)cc23)CC1C.C=CC(=O)N1CC(C)N(c2nc(=O)n(-c3c(C)ccnc3C(C)C)c3nc(-c4cc(Br)ccc4F)c(Cl)cc23)CC1C. The Morgan fingerprint density at radius 1 is 0.409 bits per heavy atom. The van der Waals surface area contributed by atoms with Crippen molar-refractivity contribution in [2.45, 2.75) is 184 Å². The fourth-order valence-electron chi connectivity index (χ4n) is 17.1. The van der Waals surface area contributed by atoms with Crippen molar-refractivity contribution in [2.75, 3.05) is 54.0 Å². The second-order valence-electron chi connectivity index (χ2n) is 34.2. The zero-order valence-corrected chi connectivity index (χ0v) is 78.9. The van der Waals surface area contributed by atoms with Gasteiger partial charge in [0.05, 0.1) is 87.5 Å². The predicted octanol–water partition coefficient (Wildman–Crippen LogP) is 19.8. The lowest BCUT2D eigenvalue weighted by molar-refractivity contribution is -0.129. The molecule has 0 aliphatic carbocycles. The van der Waals surface area contributed by atoms with Crippen LogP contribution >= 0.6 is 62.3 Å². The zero-order valence-electron chi connectivity index (χ0n) is 74.3. The molecule has 0 spiro atoms. The predicted molar refractivity (Wildman–Crippen MR) is 513 cm³/mol. The standard InChI is InChI=1S/C33H36Cl2N6O2.C33H37ClN6O2.C31H31BrClFN6O2/c1-8-27(42)39-16-21(7)40(17-20(39)6)31-24-15-26(35)29(23-11-9-10-12-25(23)34)37-32(24)41(33(43)38-31)30-22(18(2)3)13-14-36-28(30)19(4)5;1-8-27(41)38-17-22(7)39(18-21(38)6)31-25-16-26(34)29(23-12-10-9-11-13-23)36-32(25)40(33(42)37-31)30-24(19(2)3)14-15-35-28(30)20(4)5;1-7-25(41)38-14-19(6)39(15-18(38)5)29-22-13-23(33)27(21-12-20(32)8-9-24(21)34)36-30(22)40(31(42)37-29)28-17(4)10-11-35-26(28)16(2)3/h8-15,18-21H,1,16-17H2,2-7H3;8-16,19-22H,1,17-18H2,2-7H3;7-13,16,18-19H,1,14-15H2,2-6H3. The van der Waals surface area contributed by atoms with Crippen molar-refractivity contribution in [1.29, 1.82) is 0 Å². The first-order chi connectivity index (χ1) is 60.4. The van der Waals surface area contributed by atoms with Gasteiger partial charge in [-0.25, -0.2) is 47.4 Å². The summed E-state index contributed by atoms with van der Waals surface area (Å²) in [6.07, 6.45) is 9.28. The molecule has 0 radical (unpaired) electrons. The Labute approximate surface area is 767 Å². The minimum absolute atomic E-state index is 0.00725. The van der Waals surface area contributed by atoms with Gasteiger partial charge >= 0.3 is 17.1 Å². The topological polar surface area (TPSA) is 253 Å². The first-order valence-electron chi connectivity index (χ1n) is 42.6. The van der Waals surface area contributed by atoms with Gasteiger partial charge in [-0.3, -0.25) is 29.3 Å². The number of piperazine rings is 3. The van der Waals surface area contributed by atoms with E-state index in [4.69, 9.17) is 81.3 Å². The average Bonchev–Trinajstić information content (AvgIpc) is 0.741. The van der Waals surface area contributed by atoms with Crippen LogP contribution in [0, 0.1) is 12.7 Å². The lowest BCUT2D eigenvalue weighted by Gasteiger charge is -2.44. The molecule has 6 atom stereocenters. The van der Waals surface area contributed by atoms with Crippen LogP contribution in [0.4, 0.5) is 21.8 Å². The second kappa shape index (κ2) is 38.6. The first kappa shape index (κ1) is 93.2. The Bertz CT molecular complexity index is 6470. The highest BCUT2D eigenvalue weighted by molar-refractivity contribution is 9.10. The van der Waals surface area contributed by atoms with Crippen molar-refractivity contribution in [3.8, 4) is 50.8 Å². The number of carbonyl (C=O) groups excluding carboxylic acids is 3. The van der Waals surface area contributed by atoms with Crippen LogP contribution in [0.2, 0.25) is 20.1 Å². The number of nitrogens with zero attached hydrogens (tertiary/aromatic N) is 18. The van der Waals surface area contributed by atoms with E-state index >= 15 is 4.39 Å². The molecule has 660 valence electrons. The maximum atomic E-state index is 15.1. The Kier molecular flexibility index (Phi) is 28.4. The van der Waals surface area contributed by atoms with Crippen LogP contribution < -0.4 is 31.8 Å². The van der Waals surface area contributed by atoms with Crippen molar-refractivity contribution in [3.63, 3.8) is 0 Å². The number of rotatable bonds is 17. The minimum Gasteiger partial charge on any atom is -0.349 e. The third-order valence-electron chi connectivity index (χ3n) is 23.6. The van der Waals surface area contributed by atoms with E-state index in [0.717, 1.165) is 33.6 Å². The molecular weight excluding hydrogens is 1750 g/mol. The summed E-state index contributed by atoms with van der Waals surface area (Å²) in [7, 11) is 0. The smallest absolute Gasteiger partial charge is 0.349 e. The molecule has 12 aromatic rings. The van der Waals surface area contributed by atoms with E-state index in [9.17, 15) is 28.8 Å². The van der Waals surface area contributed by atoms with Gasteiger partial charge in [0.15, 0.2) is 16.9 Å². The summed E-state index contributed by atoms with van der Waals surface area (Å²) in [6, 6.07) is 31.9. The number of aryl methyl sites for hydroxylation is 1. The number of pyridine rings is 6. The first-order valence-corrected chi connectivity index (χ1v) is 44.9. The molecule has 0 bridgehead atoms. The number of aromatic nitrogens is 12. The van der Waals surface area contributed by atoms with Crippen LogP contribution in [0.15, 0.2) is 185 Å². The van der Waals surface area contributed by atoms with Crippen LogP contribution in [0.5, 0.6) is 0 Å². The van der Waals surface area contributed by atoms with E-state index in [-0.39, 0.29) is 105 Å². The molecule has 3 amide bonds. The molecule has 9 aromatic heterocycles. The summed E-state index contributed by atoms with van der Waals surface area (Å²) in [6.45, 7) is 48.1. The molecule has 3 aliphatic heterocycles. The molecule has 3 aromatic carbocycles. The van der Waals surface area contributed by atoms with Crippen LogP contribution in [-0.2, 0) is 14.4 Å². The van der Waals surface area contributed by atoms with Gasteiger partial charge < -0.3 is 29.4 Å². The molecule has 3 fully saturated rings. The molecule has 0 N–H and O–H groups in total. The highest BCUT2D eigenvalue weighted by atomic mass is 79.9. The van der Waals surface area contributed by atoms with Gasteiger partial charge in [-0.1, -0.05) is 200 Å². The highest BCUT2D eigenvalue weighted by Gasteiger charge is 2.39. The van der Waals surface area contributed by atoms with E-state index in [1.807, 2.05) is 146 Å². The van der Waals surface area contributed by atoms with Crippen LogP contribution in [-0.4, -0.2) is 166 Å². The van der Waals surface area contributed by atoms with Gasteiger partial charge in [0.1, 0.15) is 23.3 Å². The van der Waals surface area contributed by atoms with Crippen molar-refractivity contribution >= 4 is 131 Å². The second-order valence-corrected chi connectivity index (χ2v) is 36.8. The molecule has 3 saturated heterocycles. The van der Waals surface area contributed by atoms with E-state index in [1.165, 1.54) is 28.9 Å². The summed E-state index contributed by atoms with van der Waals surface area (Å²) in [5, 5.41) is 3.36. The molecule has 15 rings (SSSR count).